The summed E-state index contributed by atoms with van der Waals surface area (Å²) in [7, 11) is -3.48. The normalized spacial score (nSPS) is 11.5. The van der Waals surface area contributed by atoms with Crippen LogP contribution in [0.15, 0.2) is 54.6 Å². The van der Waals surface area contributed by atoms with Crippen molar-refractivity contribution in [3.05, 3.63) is 54.6 Å². The predicted octanol–water partition coefficient (Wildman–Crippen LogP) is 3.12. The number of nitrogens with zero attached hydrogens (tertiary/aromatic N) is 1. The van der Waals surface area contributed by atoms with E-state index in [0.717, 1.165) is 10.2 Å². The minimum Gasteiger partial charge on any atom is -0.492 e. The Morgan fingerprint density at radius 2 is 1.77 bits per heavy atom. The highest BCUT2D eigenvalue weighted by Crippen LogP contribution is 2.26. The summed E-state index contributed by atoms with van der Waals surface area (Å²) >= 11 is 1.31. The fraction of sp³-hybridized carbons (Fsp3) is 0.133. The minimum absolute atomic E-state index is 0.0875. The molecule has 1 heterocycles. The lowest BCUT2D eigenvalue weighted by Gasteiger charge is -2.07. The minimum atomic E-state index is -3.48. The SMILES string of the molecule is O=S(=O)(CCOc1ccccc1)Nc1nc2ccccc2s1. The zero-order valence-corrected chi connectivity index (χ0v) is 13.2. The van der Waals surface area contributed by atoms with Gasteiger partial charge in [0.15, 0.2) is 5.13 Å². The Balaban J connectivity index is 1.61. The number of benzene rings is 2. The van der Waals surface area contributed by atoms with E-state index in [1.54, 1.807) is 12.1 Å². The summed E-state index contributed by atoms with van der Waals surface area (Å²) in [5, 5.41) is 0.376. The second kappa shape index (κ2) is 6.33. The zero-order chi connectivity index (χ0) is 15.4. The number of aromatic nitrogens is 1. The van der Waals surface area contributed by atoms with Crippen molar-refractivity contribution < 1.29 is 13.2 Å². The Morgan fingerprint density at radius 3 is 2.55 bits per heavy atom. The molecule has 0 atom stereocenters. The number of fused-ring (bicyclic) bond motifs is 1. The van der Waals surface area contributed by atoms with E-state index < -0.39 is 10.0 Å². The number of sulfonamides is 1. The van der Waals surface area contributed by atoms with Crippen LogP contribution in [0.2, 0.25) is 0 Å². The highest BCUT2D eigenvalue weighted by Gasteiger charge is 2.13. The van der Waals surface area contributed by atoms with E-state index in [1.165, 1.54) is 11.3 Å². The van der Waals surface area contributed by atoms with Crippen LogP contribution in [0.1, 0.15) is 0 Å². The zero-order valence-electron chi connectivity index (χ0n) is 11.6. The number of hydrogen-bond acceptors (Lipinski definition) is 5. The van der Waals surface area contributed by atoms with E-state index >= 15 is 0 Å². The summed E-state index contributed by atoms with van der Waals surface area (Å²) in [6.45, 7) is 0.0875. The summed E-state index contributed by atoms with van der Waals surface area (Å²) in [4.78, 5) is 4.25. The molecule has 3 aromatic rings. The maximum atomic E-state index is 12.0. The van der Waals surface area contributed by atoms with Gasteiger partial charge in [-0.3, -0.25) is 4.72 Å². The Labute approximate surface area is 132 Å². The van der Waals surface area contributed by atoms with Crippen molar-refractivity contribution in [2.45, 2.75) is 0 Å². The number of rotatable bonds is 6. The van der Waals surface area contributed by atoms with E-state index in [4.69, 9.17) is 4.74 Å². The van der Waals surface area contributed by atoms with Gasteiger partial charge >= 0.3 is 0 Å². The van der Waals surface area contributed by atoms with Crippen molar-refractivity contribution in [2.75, 3.05) is 17.1 Å². The number of thiazole rings is 1. The summed E-state index contributed by atoms with van der Waals surface area (Å²) in [6, 6.07) is 16.6. The van der Waals surface area contributed by atoms with Gasteiger partial charge in [-0.25, -0.2) is 13.4 Å². The number of anilines is 1. The third-order valence-corrected chi connectivity index (χ3v) is 5.19. The van der Waals surface area contributed by atoms with Gasteiger partial charge in [-0.05, 0) is 24.3 Å². The first-order chi connectivity index (χ1) is 10.6. The molecule has 1 aromatic heterocycles. The second-order valence-electron chi connectivity index (χ2n) is 4.57. The number of ether oxygens (including phenoxy) is 1. The number of para-hydroxylation sites is 2. The van der Waals surface area contributed by atoms with Crippen molar-refractivity contribution in [2.24, 2.45) is 0 Å². The standard InChI is InChI=1S/C15H14N2O3S2/c18-22(19,11-10-20-12-6-2-1-3-7-12)17-15-16-13-8-4-5-9-14(13)21-15/h1-9H,10-11H2,(H,16,17). The molecular formula is C15H14N2O3S2. The quantitative estimate of drug-likeness (QED) is 0.752. The van der Waals surface area contributed by atoms with Crippen molar-refractivity contribution >= 4 is 36.7 Å². The van der Waals surface area contributed by atoms with Crippen molar-refractivity contribution in [3.63, 3.8) is 0 Å². The molecule has 0 spiro atoms. The molecule has 0 fully saturated rings. The third kappa shape index (κ3) is 3.75. The molecule has 7 heteroatoms. The van der Waals surface area contributed by atoms with Gasteiger partial charge in [-0.1, -0.05) is 41.7 Å². The van der Waals surface area contributed by atoms with Crippen LogP contribution in [-0.4, -0.2) is 25.8 Å². The molecule has 114 valence electrons. The fourth-order valence-corrected chi connectivity index (χ4v) is 3.87. The van der Waals surface area contributed by atoms with Gasteiger partial charge < -0.3 is 4.74 Å². The molecule has 0 aliphatic carbocycles. The van der Waals surface area contributed by atoms with Crippen molar-refractivity contribution in [3.8, 4) is 5.75 Å². The molecule has 0 saturated heterocycles. The first-order valence-corrected chi connectivity index (χ1v) is 9.13. The van der Waals surface area contributed by atoms with Crippen LogP contribution in [-0.2, 0) is 10.0 Å². The average Bonchev–Trinajstić information content (AvgIpc) is 2.89. The molecule has 0 bridgehead atoms. The van der Waals surface area contributed by atoms with Gasteiger partial charge in [0.05, 0.1) is 10.2 Å². The molecule has 0 saturated carbocycles. The van der Waals surface area contributed by atoms with Gasteiger partial charge in [0.25, 0.3) is 0 Å². The molecule has 5 nitrogen and oxygen atoms in total. The van der Waals surface area contributed by atoms with Gasteiger partial charge in [0, 0.05) is 0 Å². The molecule has 0 aliphatic rings. The molecule has 1 N–H and O–H groups in total. The van der Waals surface area contributed by atoms with E-state index in [-0.39, 0.29) is 12.4 Å². The topological polar surface area (TPSA) is 68.3 Å². The highest BCUT2D eigenvalue weighted by molar-refractivity contribution is 7.92. The molecule has 2 aromatic carbocycles. The van der Waals surface area contributed by atoms with E-state index in [0.29, 0.717) is 10.9 Å². The predicted molar refractivity (Wildman–Crippen MR) is 89.0 cm³/mol. The van der Waals surface area contributed by atoms with Crippen molar-refractivity contribution in [1.82, 2.24) is 4.98 Å². The summed E-state index contributed by atoms with van der Waals surface area (Å²) in [6.07, 6.45) is 0. The van der Waals surface area contributed by atoms with Gasteiger partial charge in [-0.15, -0.1) is 0 Å². The lowest BCUT2D eigenvalue weighted by Crippen LogP contribution is -2.21. The van der Waals surface area contributed by atoms with Crippen LogP contribution in [0.25, 0.3) is 10.2 Å². The Bertz CT molecular complexity index is 828. The molecule has 0 amide bonds. The van der Waals surface area contributed by atoms with Crippen LogP contribution < -0.4 is 9.46 Å². The summed E-state index contributed by atoms with van der Waals surface area (Å²) in [5.74, 6) is 0.523. The first kappa shape index (κ1) is 14.8. The number of nitrogens with one attached hydrogen (secondary N) is 1. The molecule has 3 rings (SSSR count). The molecule has 0 aliphatic heterocycles. The van der Waals surface area contributed by atoms with Crippen LogP contribution >= 0.6 is 11.3 Å². The average molecular weight is 334 g/mol. The molecule has 22 heavy (non-hydrogen) atoms. The maximum absolute atomic E-state index is 12.0. The summed E-state index contributed by atoms with van der Waals surface area (Å²) in [5.41, 5.74) is 0.783. The van der Waals surface area contributed by atoms with Crippen LogP contribution in [0, 0.1) is 0 Å². The van der Waals surface area contributed by atoms with Crippen LogP contribution in [0.3, 0.4) is 0 Å². The second-order valence-corrected chi connectivity index (χ2v) is 7.44. The first-order valence-electron chi connectivity index (χ1n) is 6.66. The van der Waals surface area contributed by atoms with Crippen molar-refractivity contribution in [1.29, 1.82) is 0 Å². The fourth-order valence-electron chi connectivity index (χ4n) is 1.89. The lowest BCUT2D eigenvalue weighted by molar-refractivity contribution is 0.341. The van der Waals surface area contributed by atoms with E-state index in [9.17, 15) is 8.42 Å². The van der Waals surface area contributed by atoms with Gasteiger partial charge in [0.1, 0.15) is 18.1 Å². The third-order valence-electron chi connectivity index (χ3n) is 2.90. The molecule has 0 radical (unpaired) electrons. The van der Waals surface area contributed by atoms with Crippen LogP contribution in [0.4, 0.5) is 5.13 Å². The van der Waals surface area contributed by atoms with Gasteiger partial charge in [0.2, 0.25) is 10.0 Å². The Morgan fingerprint density at radius 1 is 1.05 bits per heavy atom. The van der Waals surface area contributed by atoms with E-state index in [1.807, 2.05) is 42.5 Å². The van der Waals surface area contributed by atoms with E-state index in [2.05, 4.69) is 9.71 Å². The highest BCUT2D eigenvalue weighted by atomic mass is 32.2. The summed E-state index contributed by atoms with van der Waals surface area (Å²) < 4.78 is 32.9. The largest absolute Gasteiger partial charge is 0.492 e. The van der Waals surface area contributed by atoms with Crippen LogP contribution in [0.5, 0.6) is 5.75 Å². The smallest absolute Gasteiger partial charge is 0.237 e. The molecular weight excluding hydrogens is 320 g/mol. The molecule has 0 unspecified atom stereocenters. The monoisotopic (exact) mass is 334 g/mol. The Hall–Kier alpha value is -2.12. The van der Waals surface area contributed by atoms with Gasteiger partial charge in [-0.2, -0.15) is 0 Å². The number of hydrogen-bond donors (Lipinski definition) is 1. The maximum Gasteiger partial charge on any atom is 0.237 e. The Kier molecular flexibility index (Phi) is 4.26. The lowest BCUT2D eigenvalue weighted by atomic mass is 10.3.